The molecule has 1 aliphatic heterocycles. The third-order valence-electron chi connectivity index (χ3n) is 4.91. The molecule has 2 N–H and O–H groups in total. The Morgan fingerprint density at radius 1 is 1.29 bits per heavy atom. The molecule has 174 valence electrons. The van der Waals surface area contributed by atoms with Crippen molar-refractivity contribution in [1.82, 2.24) is 15.1 Å². The molecule has 1 heterocycles. The quantitative estimate of drug-likeness (QED) is 0.271. The fraction of sp³-hybridized carbons (Fsp3) is 0.632. The van der Waals surface area contributed by atoms with Crippen molar-refractivity contribution in [2.45, 2.75) is 32.2 Å². The molecule has 0 spiro atoms. The number of alkyl halides is 3. The van der Waals surface area contributed by atoms with Crippen LogP contribution in [0.2, 0.25) is 0 Å². The van der Waals surface area contributed by atoms with Gasteiger partial charge in [0.15, 0.2) is 5.96 Å². The summed E-state index contributed by atoms with van der Waals surface area (Å²) in [6, 6.07) is 4.01. The topological polar surface area (TPSA) is 103 Å². The van der Waals surface area contributed by atoms with Gasteiger partial charge in [0.1, 0.15) is 24.5 Å². The molecule has 2 atom stereocenters. The minimum Gasteiger partial charge on any atom is -0.491 e. The zero-order valence-electron chi connectivity index (χ0n) is 17.5. The SMILES string of the molecule is CCNC(=NCC(O)COc1ccc([N+](=O)[O-])cc1)N1CCN(C(C)C(F)(F)F)CC1. The maximum Gasteiger partial charge on any atom is 0.403 e. The Balaban J connectivity index is 1.85. The number of ether oxygens (including phenoxy) is 1. The van der Waals surface area contributed by atoms with Gasteiger partial charge in [-0.25, -0.2) is 0 Å². The molecule has 0 radical (unpaired) electrons. The summed E-state index contributed by atoms with van der Waals surface area (Å²) in [5.74, 6) is 0.909. The van der Waals surface area contributed by atoms with Crippen LogP contribution in [-0.2, 0) is 0 Å². The Bertz CT molecular complexity index is 737. The fourth-order valence-electron chi connectivity index (χ4n) is 3.05. The summed E-state index contributed by atoms with van der Waals surface area (Å²) in [7, 11) is 0. The molecule has 0 aliphatic carbocycles. The van der Waals surface area contributed by atoms with Crippen molar-refractivity contribution >= 4 is 11.6 Å². The largest absolute Gasteiger partial charge is 0.491 e. The highest BCUT2D eigenvalue weighted by molar-refractivity contribution is 5.80. The van der Waals surface area contributed by atoms with Crippen LogP contribution in [0.3, 0.4) is 0 Å². The van der Waals surface area contributed by atoms with E-state index in [0.29, 0.717) is 31.3 Å². The summed E-state index contributed by atoms with van der Waals surface area (Å²) in [4.78, 5) is 17.8. The maximum atomic E-state index is 12.9. The molecule has 1 aromatic rings. The first-order valence-corrected chi connectivity index (χ1v) is 10.0. The van der Waals surface area contributed by atoms with Crippen LogP contribution in [0.1, 0.15) is 13.8 Å². The third-order valence-corrected chi connectivity index (χ3v) is 4.91. The van der Waals surface area contributed by atoms with E-state index in [1.807, 2.05) is 11.8 Å². The average Bonchev–Trinajstić information content (AvgIpc) is 2.74. The number of nitrogens with one attached hydrogen (secondary N) is 1. The number of hydrogen-bond acceptors (Lipinski definition) is 6. The molecule has 2 rings (SSSR count). The number of piperazine rings is 1. The number of nitro groups is 1. The summed E-state index contributed by atoms with van der Waals surface area (Å²) in [6.07, 6.45) is -5.18. The highest BCUT2D eigenvalue weighted by Crippen LogP contribution is 2.25. The van der Waals surface area contributed by atoms with Crippen LogP contribution in [0, 0.1) is 10.1 Å². The van der Waals surface area contributed by atoms with Crippen LogP contribution in [-0.4, -0.2) is 90.0 Å². The van der Waals surface area contributed by atoms with Gasteiger partial charge in [-0.3, -0.25) is 20.0 Å². The number of aliphatic imine (C=N–C) groups is 1. The van der Waals surface area contributed by atoms with Crippen molar-refractivity contribution in [2.75, 3.05) is 45.9 Å². The van der Waals surface area contributed by atoms with E-state index in [0.717, 1.165) is 6.92 Å². The molecule has 1 fully saturated rings. The van der Waals surface area contributed by atoms with E-state index in [9.17, 15) is 28.4 Å². The van der Waals surface area contributed by atoms with Crippen LogP contribution in [0.5, 0.6) is 5.75 Å². The molecular formula is C19H28F3N5O4. The van der Waals surface area contributed by atoms with E-state index in [4.69, 9.17) is 4.74 Å². The highest BCUT2D eigenvalue weighted by Gasteiger charge is 2.41. The third kappa shape index (κ3) is 7.55. The Morgan fingerprint density at radius 3 is 2.42 bits per heavy atom. The number of hydrogen-bond donors (Lipinski definition) is 2. The van der Waals surface area contributed by atoms with Gasteiger partial charge in [0.25, 0.3) is 5.69 Å². The number of aliphatic hydroxyl groups is 1. The number of nitro benzene ring substituents is 1. The van der Waals surface area contributed by atoms with Crippen LogP contribution >= 0.6 is 0 Å². The lowest BCUT2D eigenvalue weighted by molar-refractivity contribution is -0.384. The zero-order chi connectivity index (χ0) is 23.0. The second kappa shape index (κ2) is 11.1. The molecule has 2 unspecified atom stereocenters. The van der Waals surface area contributed by atoms with E-state index >= 15 is 0 Å². The summed E-state index contributed by atoms with van der Waals surface area (Å²) in [6.45, 7) is 4.90. The van der Waals surface area contributed by atoms with Gasteiger partial charge < -0.3 is 20.1 Å². The first-order valence-electron chi connectivity index (χ1n) is 10.0. The Kier molecular flexibility index (Phi) is 8.87. The first kappa shape index (κ1) is 24.7. The molecule has 1 aromatic carbocycles. The Labute approximate surface area is 178 Å². The fourth-order valence-corrected chi connectivity index (χ4v) is 3.05. The minimum atomic E-state index is -4.26. The van der Waals surface area contributed by atoms with E-state index in [1.54, 1.807) is 0 Å². The summed E-state index contributed by atoms with van der Waals surface area (Å²) < 4.78 is 44.2. The van der Waals surface area contributed by atoms with E-state index in [2.05, 4.69) is 10.3 Å². The highest BCUT2D eigenvalue weighted by atomic mass is 19.4. The van der Waals surface area contributed by atoms with Crippen LogP contribution in [0.15, 0.2) is 29.3 Å². The number of guanidine groups is 1. The Morgan fingerprint density at radius 2 is 1.90 bits per heavy atom. The van der Waals surface area contributed by atoms with Gasteiger partial charge in [-0.2, -0.15) is 13.2 Å². The van der Waals surface area contributed by atoms with Crippen LogP contribution in [0.4, 0.5) is 18.9 Å². The van der Waals surface area contributed by atoms with Gasteiger partial charge in [0, 0.05) is 44.9 Å². The number of non-ortho nitro benzene ring substituents is 1. The average molecular weight is 447 g/mol. The smallest absolute Gasteiger partial charge is 0.403 e. The van der Waals surface area contributed by atoms with Crippen molar-refractivity contribution in [1.29, 1.82) is 0 Å². The lowest BCUT2D eigenvalue weighted by Crippen LogP contribution is -2.56. The van der Waals surface area contributed by atoms with Gasteiger partial charge in [-0.05, 0) is 26.0 Å². The number of halogens is 3. The Hall–Kier alpha value is -2.60. The molecule has 31 heavy (non-hydrogen) atoms. The predicted molar refractivity (Wildman–Crippen MR) is 109 cm³/mol. The molecule has 9 nitrogen and oxygen atoms in total. The number of nitrogens with zero attached hydrogens (tertiary/aromatic N) is 4. The predicted octanol–water partition coefficient (Wildman–Crippen LogP) is 1.87. The van der Waals surface area contributed by atoms with Gasteiger partial charge in [-0.1, -0.05) is 0 Å². The van der Waals surface area contributed by atoms with Gasteiger partial charge in [-0.15, -0.1) is 0 Å². The summed E-state index contributed by atoms with van der Waals surface area (Å²) in [5, 5.41) is 23.9. The van der Waals surface area contributed by atoms with Crippen molar-refractivity contribution in [3.05, 3.63) is 34.4 Å². The van der Waals surface area contributed by atoms with Crippen LogP contribution in [0.25, 0.3) is 0 Å². The number of aliphatic hydroxyl groups excluding tert-OH is 1. The van der Waals surface area contributed by atoms with Gasteiger partial charge in [0.2, 0.25) is 0 Å². The molecule has 0 amide bonds. The molecule has 1 saturated heterocycles. The number of benzene rings is 1. The van der Waals surface area contributed by atoms with E-state index in [1.165, 1.54) is 29.2 Å². The van der Waals surface area contributed by atoms with Crippen molar-refractivity contribution in [3.8, 4) is 5.75 Å². The minimum absolute atomic E-state index is 0.0362. The molecule has 1 aliphatic rings. The lowest BCUT2D eigenvalue weighted by Gasteiger charge is -2.39. The molecule has 12 heteroatoms. The number of rotatable bonds is 8. The molecule has 0 aromatic heterocycles. The van der Waals surface area contributed by atoms with E-state index in [-0.39, 0.29) is 31.9 Å². The van der Waals surface area contributed by atoms with Crippen molar-refractivity contribution in [3.63, 3.8) is 0 Å². The van der Waals surface area contributed by atoms with E-state index < -0.39 is 23.2 Å². The van der Waals surface area contributed by atoms with Crippen molar-refractivity contribution in [2.24, 2.45) is 4.99 Å². The van der Waals surface area contributed by atoms with Gasteiger partial charge in [0.05, 0.1) is 11.5 Å². The van der Waals surface area contributed by atoms with Gasteiger partial charge >= 0.3 is 6.18 Å². The first-order chi connectivity index (χ1) is 14.6. The van der Waals surface area contributed by atoms with Crippen molar-refractivity contribution < 1.29 is 27.9 Å². The second-order valence-corrected chi connectivity index (χ2v) is 7.15. The monoisotopic (exact) mass is 447 g/mol. The molecular weight excluding hydrogens is 419 g/mol. The maximum absolute atomic E-state index is 12.9. The molecule has 0 bridgehead atoms. The standard InChI is InChI=1S/C19H28F3N5O4/c1-3-23-18(26-10-8-25(9-11-26)14(2)19(20,21)22)24-12-16(28)13-31-17-6-4-15(5-7-17)27(29)30/h4-7,14,16,28H,3,8-13H2,1-2H3,(H,23,24). The lowest BCUT2D eigenvalue weighted by atomic mass is 10.2. The zero-order valence-corrected chi connectivity index (χ0v) is 17.5. The summed E-state index contributed by atoms with van der Waals surface area (Å²) in [5.41, 5.74) is -0.0579. The molecule has 0 saturated carbocycles. The van der Waals surface area contributed by atoms with Crippen LogP contribution < -0.4 is 10.1 Å². The second-order valence-electron chi connectivity index (χ2n) is 7.15. The normalized spacial score (nSPS) is 17.9. The summed E-state index contributed by atoms with van der Waals surface area (Å²) >= 11 is 0.